The fourth-order valence-corrected chi connectivity index (χ4v) is 3.08. The van der Waals surface area contributed by atoms with Gasteiger partial charge in [-0.25, -0.2) is 0 Å². The van der Waals surface area contributed by atoms with E-state index in [0.29, 0.717) is 0 Å². The second-order valence-corrected chi connectivity index (χ2v) is 5.73. The van der Waals surface area contributed by atoms with Crippen LogP contribution in [0.2, 0.25) is 5.02 Å². The molecule has 2 N–H and O–H groups in total. The van der Waals surface area contributed by atoms with Gasteiger partial charge in [0.2, 0.25) is 0 Å². The predicted octanol–water partition coefficient (Wildman–Crippen LogP) is 2.91. The summed E-state index contributed by atoms with van der Waals surface area (Å²) < 4.78 is 0. The van der Waals surface area contributed by atoms with Gasteiger partial charge in [0.15, 0.2) is 0 Å². The van der Waals surface area contributed by atoms with E-state index in [4.69, 9.17) is 17.3 Å². The molecule has 0 spiro atoms. The monoisotopic (exact) mass is 256 g/mol. The lowest BCUT2D eigenvalue weighted by molar-refractivity contribution is 0.815. The highest BCUT2D eigenvalue weighted by Crippen LogP contribution is 2.30. The van der Waals surface area contributed by atoms with Crippen molar-refractivity contribution in [2.75, 3.05) is 29.5 Å². The van der Waals surface area contributed by atoms with Crippen LogP contribution in [-0.2, 0) is 0 Å². The molecule has 2 rings (SSSR count). The van der Waals surface area contributed by atoms with Gasteiger partial charge in [-0.15, -0.1) is 0 Å². The molecule has 1 aromatic rings. The molecule has 1 aliphatic heterocycles. The highest BCUT2D eigenvalue weighted by atomic mass is 35.5. The van der Waals surface area contributed by atoms with Crippen molar-refractivity contribution in [1.29, 1.82) is 0 Å². The molecule has 0 saturated carbocycles. The van der Waals surface area contributed by atoms with Gasteiger partial charge >= 0.3 is 0 Å². The third-order valence-corrected chi connectivity index (χ3v) is 4.09. The first-order chi connectivity index (χ1) is 7.68. The van der Waals surface area contributed by atoms with E-state index in [-0.39, 0.29) is 6.04 Å². The third kappa shape index (κ3) is 2.65. The Bertz CT molecular complexity index is 362. The first-order valence-corrected chi connectivity index (χ1v) is 7.09. The van der Waals surface area contributed by atoms with Gasteiger partial charge in [0.05, 0.1) is 10.7 Å². The summed E-state index contributed by atoms with van der Waals surface area (Å²) in [6.45, 7) is 4.15. The maximum absolute atomic E-state index is 6.30. The molecule has 0 bridgehead atoms. The normalized spacial score (nSPS) is 18.6. The van der Waals surface area contributed by atoms with Gasteiger partial charge in [0.25, 0.3) is 0 Å². The minimum absolute atomic E-state index is 0.0449. The topological polar surface area (TPSA) is 29.3 Å². The molecular weight excluding hydrogens is 240 g/mol. The van der Waals surface area contributed by atoms with E-state index in [1.165, 1.54) is 11.5 Å². The van der Waals surface area contributed by atoms with E-state index < -0.39 is 0 Å². The van der Waals surface area contributed by atoms with E-state index in [1.54, 1.807) is 0 Å². The lowest BCUT2D eigenvalue weighted by Gasteiger charge is -2.29. The molecular formula is C12H17ClN2S. The number of halogens is 1. The maximum atomic E-state index is 6.30. The van der Waals surface area contributed by atoms with Crippen molar-refractivity contribution < 1.29 is 0 Å². The van der Waals surface area contributed by atoms with E-state index in [9.17, 15) is 0 Å². The fraction of sp³-hybridized carbons (Fsp3) is 0.500. The van der Waals surface area contributed by atoms with Crippen LogP contribution in [0.25, 0.3) is 0 Å². The summed E-state index contributed by atoms with van der Waals surface area (Å²) in [4.78, 5) is 2.35. The Balaban J connectivity index is 2.21. The van der Waals surface area contributed by atoms with Crippen LogP contribution in [0, 0.1) is 0 Å². The summed E-state index contributed by atoms with van der Waals surface area (Å²) in [6, 6.07) is 6.21. The first kappa shape index (κ1) is 12.1. The molecule has 1 saturated heterocycles. The number of hydrogen-bond donors (Lipinski definition) is 1. The number of anilines is 1. The van der Waals surface area contributed by atoms with E-state index in [1.807, 2.05) is 24.8 Å². The number of hydrogen-bond acceptors (Lipinski definition) is 3. The Kier molecular flexibility index (Phi) is 4.00. The molecule has 1 atom stereocenters. The summed E-state index contributed by atoms with van der Waals surface area (Å²) in [6.07, 6.45) is 0. The average molecular weight is 257 g/mol. The fourth-order valence-electron chi connectivity index (χ4n) is 1.87. The SMILES string of the molecule is CC(N)c1ccc(N2CCSCC2)c(Cl)c1. The second-order valence-electron chi connectivity index (χ2n) is 4.10. The Hall–Kier alpha value is -0.380. The molecule has 1 heterocycles. The van der Waals surface area contributed by atoms with Crippen LogP contribution < -0.4 is 10.6 Å². The smallest absolute Gasteiger partial charge is 0.0642 e. The number of nitrogens with zero attached hydrogens (tertiary/aromatic N) is 1. The van der Waals surface area contributed by atoms with Crippen LogP contribution in [0.15, 0.2) is 18.2 Å². The number of rotatable bonds is 2. The predicted molar refractivity (Wildman–Crippen MR) is 73.6 cm³/mol. The van der Waals surface area contributed by atoms with Crippen molar-refractivity contribution >= 4 is 29.1 Å². The van der Waals surface area contributed by atoms with Crippen molar-refractivity contribution in [3.63, 3.8) is 0 Å². The van der Waals surface area contributed by atoms with Gasteiger partial charge in [-0.05, 0) is 24.6 Å². The number of benzene rings is 1. The van der Waals surface area contributed by atoms with Crippen molar-refractivity contribution in [1.82, 2.24) is 0 Å². The van der Waals surface area contributed by atoms with E-state index in [2.05, 4.69) is 17.0 Å². The van der Waals surface area contributed by atoms with Crippen LogP contribution in [0.4, 0.5) is 5.69 Å². The largest absolute Gasteiger partial charge is 0.369 e. The number of thioether (sulfide) groups is 1. The molecule has 0 radical (unpaired) electrons. The minimum Gasteiger partial charge on any atom is -0.369 e. The van der Waals surface area contributed by atoms with Crippen molar-refractivity contribution in [2.24, 2.45) is 5.73 Å². The molecule has 0 aliphatic carbocycles. The average Bonchev–Trinajstić information content (AvgIpc) is 2.30. The number of nitrogens with two attached hydrogens (primary N) is 1. The molecule has 16 heavy (non-hydrogen) atoms. The first-order valence-electron chi connectivity index (χ1n) is 5.56. The van der Waals surface area contributed by atoms with Crippen LogP contribution in [0.1, 0.15) is 18.5 Å². The highest BCUT2D eigenvalue weighted by Gasteiger charge is 2.14. The van der Waals surface area contributed by atoms with Gasteiger partial charge in [0.1, 0.15) is 0 Å². The Morgan fingerprint density at radius 3 is 2.62 bits per heavy atom. The van der Waals surface area contributed by atoms with Crippen LogP contribution in [0.3, 0.4) is 0 Å². The minimum atomic E-state index is 0.0449. The quantitative estimate of drug-likeness (QED) is 0.882. The molecule has 88 valence electrons. The van der Waals surface area contributed by atoms with Crippen LogP contribution in [-0.4, -0.2) is 24.6 Å². The lowest BCUT2D eigenvalue weighted by Crippen LogP contribution is -2.32. The second kappa shape index (κ2) is 5.30. The molecule has 1 fully saturated rings. The third-order valence-electron chi connectivity index (χ3n) is 2.85. The molecule has 4 heteroatoms. The summed E-state index contributed by atoms with van der Waals surface area (Å²) in [5.74, 6) is 2.37. The van der Waals surface area contributed by atoms with E-state index >= 15 is 0 Å². The summed E-state index contributed by atoms with van der Waals surface area (Å²) in [7, 11) is 0. The summed E-state index contributed by atoms with van der Waals surface area (Å²) in [5.41, 5.74) is 8.08. The Labute approximate surface area is 106 Å². The van der Waals surface area contributed by atoms with Gasteiger partial charge in [-0.2, -0.15) is 11.8 Å². The summed E-state index contributed by atoms with van der Waals surface area (Å²) in [5, 5.41) is 0.821. The highest BCUT2D eigenvalue weighted by molar-refractivity contribution is 7.99. The standard InChI is InChI=1S/C12H17ClN2S/c1-9(14)10-2-3-12(11(13)8-10)15-4-6-16-7-5-15/h2-3,8-9H,4-7,14H2,1H3. The zero-order chi connectivity index (χ0) is 11.5. The zero-order valence-corrected chi connectivity index (χ0v) is 11.0. The molecule has 0 aromatic heterocycles. The van der Waals surface area contributed by atoms with E-state index in [0.717, 1.165) is 29.4 Å². The molecule has 0 amide bonds. The van der Waals surface area contributed by atoms with Crippen molar-refractivity contribution in [2.45, 2.75) is 13.0 Å². The molecule has 1 aliphatic rings. The molecule has 1 unspecified atom stereocenters. The van der Waals surface area contributed by atoms with Crippen LogP contribution >= 0.6 is 23.4 Å². The van der Waals surface area contributed by atoms with Gasteiger partial charge in [0, 0.05) is 30.6 Å². The Morgan fingerprint density at radius 1 is 1.38 bits per heavy atom. The molecule has 1 aromatic carbocycles. The Morgan fingerprint density at radius 2 is 2.06 bits per heavy atom. The maximum Gasteiger partial charge on any atom is 0.0642 e. The van der Waals surface area contributed by atoms with Crippen molar-refractivity contribution in [3.8, 4) is 0 Å². The van der Waals surface area contributed by atoms with Gasteiger partial charge in [-0.3, -0.25) is 0 Å². The zero-order valence-electron chi connectivity index (χ0n) is 9.45. The van der Waals surface area contributed by atoms with Crippen molar-refractivity contribution in [3.05, 3.63) is 28.8 Å². The van der Waals surface area contributed by atoms with Gasteiger partial charge in [-0.1, -0.05) is 17.7 Å². The van der Waals surface area contributed by atoms with Crippen LogP contribution in [0.5, 0.6) is 0 Å². The summed E-state index contributed by atoms with van der Waals surface area (Å²) >= 11 is 8.31. The molecule has 2 nitrogen and oxygen atoms in total. The van der Waals surface area contributed by atoms with Gasteiger partial charge < -0.3 is 10.6 Å². The lowest BCUT2D eigenvalue weighted by atomic mass is 10.1.